The summed E-state index contributed by atoms with van der Waals surface area (Å²) in [5.41, 5.74) is 0.434. The fourth-order valence-electron chi connectivity index (χ4n) is 3.84. The lowest BCUT2D eigenvalue weighted by molar-refractivity contribution is 0.195. The van der Waals surface area contributed by atoms with Gasteiger partial charge in [0.25, 0.3) is 0 Å². The topological polar surface area (TPSA) is 30.7 Å². The zero-order chi connectivity index (χ0) is 13.5. The van der Waals surface area contributed by atoms with Gasteiger partial charge in [0.05, 0.1) is 0 Å². The number of nitrogens with zero attached hydrogens (tertiary/aromatic N) is 3. The van der Waals surface area contributed by atoms with Crippen molar-refractivity contribution < 1.29 is 0 Å². The standard InChI is InChI=1S/C15H24ClN3/c1-11(2)9-15(7-3-4-8-15)10-19-13(12-5-6-12)17-18-14(19)16/h11-12H,3-10H2,1-2H3. The summed E-state index contributed by atoms with van der Waals surface area (Å²) < 4.78 is 2.22. The maximum Gasteiger partial charge on any atom is 0.225 e. The van der Waals surface area contributed by atoms with Gasteiger partial charge in [-0.25, -0.2) is 0 Å². The summed E-state index contributed by atoms with van der Waals surface area (Å²) >= 11 is 6.28. The van der Waals surface area contributed by atoms with Gasteiger partial charge < -0.3 is 4.57 Å². The Morgan fingerprint density at radius 2 is 1.95 bits per heavy atom. The van der Waals surface area contributed by atoms with Crippen LogP contribution >= 0.6 is 11.6 Å². The molecule has 0 unspecified atom stereocenters. The summed E-state index contributed by atoms with van der Waals surface area (Å²) in [7, 11) is 0. The van der Waals surface area contributed by atoms with E-state index >= 15 is 0 Å². The van der Waals surface area contributed by atoms with Crippen LogP contribution in [-0.2, 0) is 6.54 Å². The van der Waals surface area contributed by atoms with E-state index in [2.05, 4.69) is 28.6 Å². The summed E-state index contributed by atoms with van der Waals surface area (Å²) in [5.74, 6) is 2.51. The Labute approximate surface area is 120 Å². The molecule has 19 heavy (non-hydrogen) atoms. The monoisotopic (exact) mass is 281 g/mol. The molecule has 3 rings (SSSR count). The summed E-state index contributed by atoms with van der Waals surface area (Å²) in [6.07, 6.45) is 9.22. The molecule has 2 aliphatic carbocycles. The van der Waals surface area contributed by atoms with E-state index < -0.39 is 0 Å². The number of halogens is 1. The van der Waals surface area contributed by atoms with Crippen LogP contribution in [0.4, 0.5) is 0 Å². The van der Waals surface area contributed by atoms with E-state index in [1.165, 1.54) is 44.9 Å². The molecule has 2 fully saturated rings. The first kappa shape index (κ1) is 13.4. The third kappa shape index (κ3) is 2.81. The first-order valence-electron chi connectivity index (χ1n) is 7.68. The van der Waals surface area contributed by atoms with E-state index in [-0.39, 0.29) is 0 Å². The average molecular weight is 282 g/mol. The Hall–Kier alpha value is -0.570. The summed E-state index contributed by atoms with van der Waals surface area (Å²) in [5, 5.41) is 9.01. The Bertz CT molecular complexity index is 442. The van der Waals surface area contributed by atoms with E-state index in [0.29, 0.717) is 16.6 Å². The molecular weight excluding hydrogens is 258 g/mol. The molecule has 0 aromatic carbocycles. The molecule has 1 heterocycles. The summed E-state index contributed by atoms with van der Waals surface area (Å²) in [4.78, 5) is 0. The van der Waals surface area contributed by atoms with E-state index in [1.54, 1.807) is 0 Å². The van der Waals surface area contributed by atoms with Gasteiger partial charge in [0.1, 0.15) is 5.82 Å². The van der Waals surface area contributed by atoms with Crippen molar-refractivity contribution in [3.8, 4) is 0 Å². The van der Waals surface area contributed by atoms with Crippen LogP contribution in [0.2, 0.25) is 5.28 Å². The minimum atomic E-state index is 0.434. The van der Waals surface area contributed by atoms with Gasteiger partial charge in [0.15, 0.2) is 0 Å². The highest BCUT2D eigenvalue weighted by molar-refractivity contribution is 6.28. The SMILES string of the molecule is CC(C)CC1(Cn2c(Cl)nnc2C2CC2)CCCC1. The van der Waals surface area contributed by atoms with E-state index in [1.807, 2.05) is 0 Å². The maximum atomic E-state index is 6.28. The van der Waals surface area contributed by atoms with Crippen molar-refractivity contribution in [1.82, 2.24) is 14.8 Å². The van der Waals surface area contributed by atoms with Crippen molar-refractivity contribution in [2.45, 2.75) is 71.3 Å². The molecule has 0 aliphatic heterocycles. The number of rotatable bonds is 5. The van der Waals surface area contributed by atoms with Crippen molar-refractivity contribution in [2.75, 3.05) is 0 Å². The third-order valence-electron chi connectivity index (χ3n) is 4.68. The van der Waals surface area contributed by atoms with Crippen LogP contribution < -0.4 is 0 Å². The molecule has 0 amide bonds. The molecule has 2 aliphatic rings. The van der Waals surface area contributed by atoms with E-state index in [0.717, 1.165) is 18.3 Å². The second kappa shape index (κ2) is 5.08. The first-order valence-corrected chi connectivity index (χ1v) is 8.06. The average Bonchev–Trinajstić information content (AvgIpc) is 2.99. The van der Waals surface area contributed by atoms with Crippen LogP contribution in [0.15, 0.2) is 0 Å². The van der Waals surface area contributed by atoms with Gasteiger partial charge in [-0.05, 0) is 55.0 Å². The Morgan fingerprint density at radius 3 is 2.53 bits per heavy atom. The second-order valence-electron chi connectivity index (χ2n) is 6.99. The van der Waals surface area contributed by atoms with Crippen molar-refractivity contribution >= 4 is 11.6 Å². The molecule has 3 nitrogen and oxygen atoms in total. The molecule has 0 bridgehead atoms. The van der Waals surface area contributed by atoms with E-state index in [4.69, 9.17) is 11.6 Å². The van der Waals surface area contributed by atoms with Crippen molar-refractivity contribution in [1.29, 1.82) is 0 Å². The van der Waals surface area contributed by atoms with Crippen LogP contribution in [0.1, 0.15) is 70.5 Å². The Kier molecular flexibility index (Phi) is 3.59. The molecule has 1 aromatic rings. The fraction of sp³-hybridized carbons (Fsp3) is 0.867. The number of hydrogen-bond acceptors (Lipinski definition) is 2. The van der Waals surface area contributed by atoms with Crippen LogP contribution in [0.3, 0.4) is 0 Å². The maximum absolute atomic E-state index is 6.28. The lowest BCUT2D eigenvalue weighted by Crippen LogP contribution is -2.26. The third-order valence-corrected chi connectivity index (χ3v) is 4.96. The molecule has 2 saturated carbocycles. The largest absolute Gasteiger partial charge is 0.301 e. The predicted octanol–water partition coefficient (Wildman–Crippen LogP) is 4.42. The smallest absolute Gasteiger partial charge is 0.225 e. The quantitative estimate of drug-likeness (QED) is 0.800. The Balaban J connectivity index is 1.83. The molecule has 106 valence electrons. The van der Waals surface area contributed by atoms with Crippen LogP contribution in [0.5, 0.6) is 0 Å². The molecule has 0 atom stereocenters. The van der Waals surface area contributed by atoms with Crippen molar-refractivity contribution in [3.63, 3.8) is 0 Å². The van der Waals surface area contributed by atoms with Gasteiger partial charge in [-0.2, -0.15) is 0 Å². The number of aromatic nitrogens is 3. The number of hydrogen-bond donors (Lipinski definition) is 0. The zero-order valence-corrected chi connectivity index (χ0v) is 12.8. The minimum Gasteiger partial charge on any atom is -0.301 e. The lowest BCUT2D eigenvalue weighted by Gasteiger charge is -2.32. The highest BCUT2D eigenvalue weighted by Crippen LogP contribution is 2.46. The zero-order valence-electron chi connectivity index (χ0n) is 12.0. The Morgan fingerprint density at radius 1 is 1.26 bits per heavy atom. The van der Waals surface area contributed by atoms with Crippen molar-refractivity contribution in [3.05, 3.63) is 11.1 Å². The normalized spacial score (nSPS) is 22.3. The van der Waals surface area contributed by atoms with Gasteiger partial charge in [0.2, 0.25) is 5.28 Å². The van der Waals surface area contributed by atoms with Gasteiger partial charge in [-0.1, -0.05) is 26.7 Å². The van der Waals surface area contributed by atoms with Gasteiger partial charge in [0, 0.05) is 12.5 Å². The molecule has 0 N–H and O–H groups in total. The summed E-state index contributed by atoms with van der Waals surface area (Å²) in [6, 6.07) is 0. The summed E-state index contributed by atoms with van der Waals surface area (Å²) in [6.45, 7) is 5.69. The van der Waals surface area contributed by atoms with Crippen LogP contribution in [0, 0.1) is 11.3 Å². The van der Waals surface area contributed by atoms with Gasteiger partial charge >= 0.3 is 0 Å². The van der Waals surface area contributed by atoms with Gasteiger partial charge in [-0.15, -0.1) is 10.2 Å². The molecule has 0 radical (unpaired) electrons. The molecule has 0 saturated heterocycles. The molecule has 4 heteroatoms. The van der Waals surface area contributed by atoms with Crippen LogP contribution in [-0.4, -0.2) is 14.8 Å². The van der Waals surface area contributed by atoms with Gasteiger partial charge in [-0.3, -0.25) is 0 Å². The van der Waals surface area contributed by atoms with E-state index in [9.17, 15) is 0 Å². The fourth-order valence-corrected chi connectivity index (χ4v) is 4.02. The highest BCUT2D eigenvalue weighted by Gasteiger charge is 2.38. The predicted molar refractivity (Wildman–Crippen MR) is 77.4 cm³/mol. The molecule has 1 aromatic heterocycles. The van der Waals surface area contributed by atoms with Crippen molar-refractivity contribution in [2.24, 2.45) is 11.3 Å². The second-order valence-corrected chi connectivity index (χ2v) is 7.33. The lowest BCUT2D eigenvalue weighted by atomic mass is 9.78. The van der Waals surface area contributed by atoms with Crippen LogP contribution in [0.25, 0.3) is 0 Å². The molecular formula is C15H24ClN3. The first-order chi connectivity index (χ1) is 9.10. The highest BCUT2D eigenvalue weighted by atomic mass is 35.5. The minimum absolute atomic E-state index is 0.434. The molecule has 0 spiro atoms.